The lowest BCUT2D eigenvalue weighted by molar-refractivity contribution is -0.337. The number of hydrogen-bond donors (Lipinski definition) is 14. The maximum Gasteiger partial charge on any atom is 0.219 e. The van der Waals surface area contributed by atoms with Crippen molar-refractivity contribution in [3.63, 3.8) is 0 Å². The molecule has 0 spiro atoms. The Bertz CT molecular complexity index is 870. The topological polar surface area (TPSA) is 339 Å². The van der Waals surface area contributed by atoms with E-state index in [2.05, 4.69) is 0 Å². The molecule has 0 aromatic carbocycles. The van der Waals surface area contributed by atoms with Crippen molar-refractivity contribution >= 4 is 0 Å². The molecule has 4 heterocycles. The Labute approximate surface area is 263 Å². The molecule has 19 atom stereocenters. The second-order valence-electron chi connectivity index (χ2n) is 11.8. The lowest BCUT2D eigenvalue weighted by Gasteiger charge is -2.46. The summed E-state index contributed by atoms with van der Waals surface area (Å²) in [5, 5.41) is 135. The highest BCUT2D eigenvalue weighted by Crippen LogP contribution is 2.34. The standard InChI is InChI=1S/C14H26O9.C12H22O11/c1-5-6(2)21-8(4-16)13(9(5)17)23-14-12(20)11(19)10(18)7(3-15)22-14;13-1-4-6(16)7(17)8(18)11(21-4)22-9-5(2-14)23-12(20,3-15)10(9)19/h5-20H,3-4H2,1-2H3;4-11,13-20H,1-3H2/t5?,6-,7?,8?,9+,10+,11-,12?,13+,14-;4?,5-,6-,7+,8?,9+,10?,11+,12+/m01/s1. The van der Waals surface area contributed by atoms with Crippen LogP contribution in [0.15, 0.2) is 0 Å². The Kier molecular flexibility index (Phi) is 14.4. The molecule has 4 saturated heterocycles. The van der Waals surface area contributed by atoms with Crippen LogP contribution in [0.3, 0.4) is 0 Å². The molecule has 0 aliphatic carbocycles. The zero-order valence-corrected chi connectivity index (χ0v) is 25.1. The van der Waals surface area contributed by atoms with E-state index in [1.54, 1.807) is 13.8 Å². The number of rotatable bonds is 9. The first-order valence-corrected chi connectivity index (χ1v) is 14.8. The van der Waals surface area contributed by atoms with E-state index in [9.17, 15) is 56.2 Å². The summed E-state index contributed by atoms with van der Waals surface area (Å²) in [7, 11) is 0. The molecule has 4 rings (SSSR count). The van der Waals surface area contributed by atoms with Crippen LogP contribution in [0.25, 0.3) is 0 Å². The molecule has 4 aliphatic heterocycles. The molecule has 0 radical (unpaired) electrons. The molecule has 7 unspecified atom stereocenters. The summed E-state index contributed by atoms with van der Waals surface area (Å²) >= 11 is 0. The third-order valence-corrected chi connectivity index (χ3v) is 8.73. The molecule has 20 nitrogen and oxygen atoms in total. The van der Waals surface area contributed by atoms with Crippen molar-refractivity contribution in [2.24, 2.45) is 5.92 Å². The van der Waals surface area contributed by atoms with Gasteiger partial charge in [0.2, 0.25) is 5.79 Å². The fourth-order valence-corrected chi connectivity index (χ4v) is 5.55. The second-order valence-corrected chi connectivity index (χ2v) is 11.8. The lowest BCUT2D eigenvalue weighted by atomic mass is 9.88. The predicted octanol–water partition coefficient (Wildman–Crippen LogP) is -8.45. The summed E-state index contributed by atoms with van der Waals surface area (Å²) < 4.78 is 31.7. The lowest BCUT2D eigenvalue weighted by Crippen LogP contribution is -2.63. The number of aliphatic hydroxyl groups excluding tert-OH is 13. The smallest absolute Gasteiger partial charge is 0.219 e. The number of aliphatic hydroxyl groups is 14. The molecule has 14 N–H and O–H groups in total. The van der Waals surface area contributed by atoms with Gasteiger partial charge in [0, 0.05) is 5.92 Å². The van der Waals surface area contributed by atoms with Crippen LogP contribution < -0.4 is 0 Å². The van der Waals surface area contributed by atoms with Gasteiger partial charge in [-0.2, -0.15) is 0 Å². The van der Waals surface area contributed by atoms with Gasteiger partial charge in [0.15, 0.2) is 12.6 Å². The normalized spacial score (nSPS) is 51.4. The van der Waals surface area contributed by atoms with Gasteiger partial charge in [0.1, 0.15) is 79.4 Å². The molecule has 0 aromatic rings. The Morgan fingerprint density at radius 2 is 0.957 bits per heavy atom. The maximum absolute atomic E-state index is 10.4. The van der Waals surface area contributed by atoms with E-state index in [1.807, 2.05) is 0 Å². The van der Waals surface area contributed by atoms with Gasteiger partial charge >= 0.3 is 0 Å². The summed E-state index contributed by atoms with van der Waals surface area (Å²) in [6.07, 6.45) is -22.4. The minimum atomic E-state index is -2.37. The van der Waals surface area contributed by atoms with Crippen LogP contribution in [0.4, 0.5) is 0 Å². The van der Waals surface area contributed by atoms with Gasteiger partial charge in [0.25, 0.3) is 0 Å². The molecule has 0 saturated carbocycles. The van der Waals surface area contributed by atoms with Crippen LogP contribution in [-0.2, 0) is 28.4 Å². The Balaban J connectivity index is 0.000000250. The van der Waals surface area contributed by atoms with Gasteiger partial charge in [-0.25, -0.2) is 0 Å². The van der Waals surface area contributed by atoms with Crippen LogP contribution in [0, 0.1) is 5.92 Å². The minimum Gasteiger partial charge on any atom is -0.394 e. The summed E-state index contributed by atoms with van der Waals surface area (Å²) in [6, 6.07) is 0. The quantitative estimate of drug-likeness (QED) is 0.107. The molecular weight excluding hydrogens is 632 g/mol. The zero-order valence-electron chi connectivity index (χ0n) is 25.1. The Morgan fingerprint density at radius 1 is 0.522 bits per heavy atom. The average Bonchev–Trinajstić information content (AvgIpc) is 3.30. The van der Waals surface area contributed by atoms with Crippen molar-refractivity contribution in [1.29, 1.82) is 0 Å². The first kappa shape index (κ1) is 39.6. The molecule has 0 amide bonds. The van der Waals surface area contributed by atoms with Crippen molar-refractivity contribution in [3.05, 3.63) is 0 Å². The Morgan fingerprint density at radius 3 is 1.37 bits per heavy atom. The summed E-state index contributed by atoms with van der Waals surface area (Å²) in [6.45, 7) is 0.216. The fraction of sp³-hybridized carbons (Fsp3) is 1.00. The third kappa shape index (κ3) is 8.14. The van der Waals surface area contributed by atoms with E-state index in [4.69, 9.17) is 43.7 Å². The third-order valence-electron chi connectivity index (χ3n) is 8.73. The maximum atomic E-state index is 10.4. The van der Waals surface area contributed by atoms with E-state index in [0.717, 1.165) is 0 Å². The van der Waals surface area contributed by atoms with Gasteiger partial charge in [-0.15, -0.1) is 0 Å². The van der Waals surface area contributed by atoms with Crippen molar-refractivity contribution in [2.45, 2.75) is 124 Å². The average molecular weight is 681 g/mol. The number of hydrogen-bond acceptors (Lipinski definition) is 20. The number of ether oxygens (including phenoxy) is 6. The van der Waals surface area contributed by atoms with E-state index in [0.29, 0.717) is 0 Å². The van der Waals surface area contributed by atoms with Crippen molar-refractivity contribution in [1.82, 2.24) is 0 Å². The second kappa shape index (κ2) is 16.7. The largest absolute Gasteiger partial charge is 0.394 e. The summed E-state index contributed by atoms with van der Waals surface area (Å²) in [4.78, 5) is 0. The van der Waals surface area contributed by atoms with Crippen LogP contribution in [-0.4, -0.2) is 214 Å². The van der Waals surface area contributed by atoms with Gasteiger partial charge < -0.3 is 99.9 Å². The van der Waals surface area contributed by atoms with Crippen LogP contribution in [0.5, 0.6) is 0 Å². The van der Waals surface area contributed by atoms with Crippen LogP contribution in [0.2, 0.25) is 0 Å². The molecule has 46 heavy (non-hydrogen) atoms. The highest BCUT2D eigenvalue weighted by molar-refractivity contribution is 4.98. The first-order valence-electron chi connectivity index (χ1n) is 14.8. The highest BCUT2D eigenvalue weighted by atomic mass is 16.7. The van der Waals surface area contributed by atoms with Crippen molar-refractivity contribution < 1.29 is 99.9 Å². The van der Waals surface area contributed by atoms with E-state index >= 15 is 0 Å². The zero-order chi connectivity index (χ0) is 34.7. The van der Waals surface area contributed by atoms with Gasteiger partial charge in [-0.1, -0.05) is 6.92 Å². The predicted molar refractivity (Wildman–Crippen MR) is 144 cm³/mol. The Hall–Kier alpha value is -0.800. The molecule has 4 aliphatic rings. The minimum absolute atomic E-state index is 0.285. The molecule has 0 aromatic heterocycles. The van der Waals surface area contributed by atoms with Crippen LogP contribution in [0.1, 0.15) is 13.8 Å². The van der Waals surface area contributed by atoms with Gasteiger partial charge in [-0.3, -0.25) is 0 Å². The van der Waals surface area contributed by atoms with E-state index < -0.39 is 137 Å². The highest BCUT2D eigenvalue weighted by Gasteiger charge is 2.56. The summed E-state index contributed by atoms with van der Waals surface area (Å²) in [5.41, 5.74) is 0. The molecular formula is C26H48O20. The SMILES string of the molecule is CC1[C@H](C)OC(CO)[C@@H](O[C@@H]2OC(CO)[C@@H](O)[C@H](O)C2O)[C@@H]1O.OCC1O[C@@H](O[C@@H]2C(O)[C@](O)(CO)O[C@@H]2CO)C(O)[C@@H](O)[C@@H]1O. The van der Waals surface area contributed by atoms with E-state index in [1.165, 1.54) is 0 Å². The molecule has 20 heteroatoms. The molecule has 272 valence electrons. The van der Waals surface area contributed by atoms with Crippen molar-refractivity contribution in [3.8, 4) is 0 Å². The van der Waals surface area contributed by atoms with E-state index in [-0.39, 0.29) is 12.0 Å². The van der Waals surface area contributed by atoms with Crippen LogP contribution >= 0.6 is 0 Å². The monoisotopic (exact) mass is 680 g/mol. The molecule has 4 fully saturated rings. The van der Waals surface area contributed by atoms with Crippen molar-refractivity contribution in [2.75, 3.05) is 33.0 Å². The first-order chi connectivity index (χ1) is 21.6. The summed E-state index contributed by atoms with van der Waals surface area (Å²) in [5.74, 6) is -2.65. The fourth-order valence-electron chi connectivity index (χ4n) is 5.55. The molecule has 0 bridgehead atoms. The van der Waals surface area contributed by atoms with Gasteiger partial charge in [0.05, 0.1) is 45.2 Å². The van der Waals surface area contributed by atoms with Gasteiger partial charge in [-0.05, 0) is 6.92 Å².